The molecule has 2 amide bonds. The first-order valence-corrected chi connectivity index (χ1v) is 10.6. The lowest BCUT2D eigenvalue weighted by atomic mass is 10.1. The molecule has 0 saturated carbocycles. The van der Waals surface area contributed by atoms with E-state index in [1.807, 2.05) is 56.3 Å². The van der Waals surface area contributed by atoms with Gasteiger partial charge in [0.1, 0.15) is 6.04 Å². The molecule has 156 valence electrons. The van der Waals surface area contributed by atoms with E-state index < -0.39 is 6.04 Å². The molecular weight excluding hydrogens is 407 g/mol. The molecule has 0 radical (unpaired) electrons. The number of carbonyl (C=O) groups excluding carboxylic acids is 2. The molecule has 0 aromatic heterocycles. The number of carbonyl (C=O) groups is 2. The van der Waals surface area contributed by atoms with E-state index in [2.05, 4.69) is 5.32 Å². The van der Waals surface area contributed by atoms with Gasteiger partial charge in [0.15, 0.2) is 0 Å². The Kier molecular flexibility index (Phi) is 8.99. The van der Waals surface area contributed by atoms with Crippen LogP contribution < -0.4 is 5.32 Å². The maximum atomic E-state index is 13.1. The summed E-state index contributed by atoms with van der Waals surface area (Å²) in [6.45, 7) is 6.71. The van der Waals surface area contributed by atoms with Gasteiger partial charge in [0, 0.05) is 29.6 Å². The van der Waals surface area contributed by atoms with E-state index in [9.17, 15) is 9.59 Å². The smallest absolute Gasteiger partial charge is 0.242 e. The Morgan fingerprint density at radius 1 is 1.03 bits per heavy atom. The maximum Gasteiger partial charge on any atom is 0.242 e. The van der Waals surface area contributed by atoms with Crippen LogP contribution in [0.5, 0.6) is 0 Å². The van der Waals surface area contributed by atoms with Crippen molar-refractivity contribution in [2.45, 2.75) is 46.2 Å². The van der Waals surface area contributed by atoms with Gasteiger partial charge < -0.3 is 10.2 Å². The first-order chi connectivity index (χ1) is 13.8. The number of hydrogen-bond acceptors (Lipinski definition) is 2. The molecule has 2 aromatic carbocycles. The van der Waals surface area contributed by atoms with Gasteiger partial charge >= 0.3 is 0 Å². The normalized spacial score (nSPS) is 11.9. The molecular formula is C23H28Cl2N2O2. The SMILES string of the molecule is CC(C)CNC(=O)C(C)N(Cc1cccc(Cl)c1)C(=O)CCc1ccccc1Cl. The van der Waals surface area contributed by atoms with Gasteiger partial charge in [-0.25, -0.2) is 0 Å². The number of halogens is 2. The summed E-state index contributed by atoms with van der Waals surface area (Å²) in [5.74, 6) is 0.0763. The Morgan fingerprint density at radius 2 is 1.76 bits per heavy atom. The molecule has 0 bridgehead atoms. The molecule has 0 aliphatic heterocycles. The zero-order valence-electron chi connectivity index (χ0n) is 17.1. The van der Waals surface area contributed by atoms with Gasteiger partial charge in [0.25, 0.3) is 0 Å². The molecule has 1 N–H and O–H groups in total. The van der Waals surface area contributed by atoms with E-state index in [4.69, 9.17) is 23.2 Å². The van der Waals surface area contributed by atoms with Gasteiger partial charge in [0.2, 0.25) is 11.8 Å². The highest BCUT2D eigenvalue weighted by Crippen LogP contribution is 2.19. The van der Waals surface area contributed by atoms with E-state index in [1.165, 1.54) is 0 Å². The fourth-order valence-electron chi connectivity index (χ4n) is 2.95. The van der Waals surface area contributed by atoms with E-state index >= 15 is 0 Å². The van der Waals surface area contributed by atoms with E-state index in [0.29, 0.717) is 35.5 Å². The number of nitrogens with one attached hydrogen (secondary N) is 1. The van der Waals surface area contributed by atoms with Crippen LogP contribution >= 0.6 is 23.2 Å². The maximum absolute atomic E-state index is 13.1. The minimum Gasteiger partial charge on any atom is -0.354 e. The third-order valence-electron chi connectivity index (χ3n) is 4.66. The molecule has 0 saturated heterocycles. The second-order valence-corrected chi connectivity index (χ2v) is 8.40. The fourth-order valence-corrected chi connectivity index (χ4v) is 3.40. The van der Waals surface area contributed by atoms with Crippen LogP contribution in [0.3, 0.4) is 0 Å². The minimum absolute atomic E-state index is 0.0999. The summed E-state index contributed by atoms with van der Waals surface area (Å²) in [6.07, 6.45) is 0.789. The van der Waals surface area contributed by atoms with Crippen molar-refractivity contribution >= 4 is 35.0 Å². The van der Waals surface area contributed by atoms with Crippen LogP contribution in [0.2, 0.25) is 10.0 Å². The summed E-state index contributed by atoms with van der Waals surface area (Å²) in [6, 6.07) is 14.2. The summed E-state index contributed by atoms with van der Waals surface area (Å²) >= 11 is 12.3. The van der Waals surface area contributed by atoms with Gasteiger partial charge in [-0.15, -0.1) is 0 Å². The molecule has 0 aliphatic carbocycles. The lowest BCUT2D eigenvalue weighted by molar-refractivity contribution is -0.140. The molecule has 0 heterocycles. The van der Waals surface area contributed by atoms with Crippen molar-refractivity contribution in [3.05, 3.63) is 69.7 Å². The topological polar surface area (TPSA) is 49.4 Å². The Labute approximate surface area is 183 Å². The molecule has 6 heteroatoms. The molecule has 2 aromatic rings. The molecule has 4 nitrogen and oxygen atoms in total. The molecule has 0 fully saturated rings. The minimum atomic E-state index is -0.591. The predicted octanol–water partition coefficient (Wildman–Crippen LogP) is 5.12. The standard InChI is InChI=1S/C23H28Cl2N2O2/c1-16(2)14-26-23(29)17(3)27(15-18-7-6-9-20(24)13-18)22(28)12-11-19-8-4-5-10-21(19)25/h4-10,13,16-17H,11-12,14-15H2,1-3H3,(H,26,29). The van der Waals surface area contributed by atoms with Crippen molar-refractivity contribution in [1.29, 1.82) is 0 Å². The lowest BCUT2D eigenvalue weighted by Gasteiger charge is -2.29. The van der Waals surface area contributed by atoms with Gasteiger partial charge in [0.05, 0.1) is 0 Å². The van der Waals surface area contributed by atoms with Crippen LogP contribution in [0.15, 0.2) is 48.5 Å². The number of rotatable bonds is 9. The first-order valence-electron chi connectivity index (χ1n) is 9.83. The summed E-state index contributed by atoms with van der Waals surface area (Å²) in [7, 11) is 0. The van der Waals surface area contributed by atoms with Crippen molar-refractivity contribution in [2.75, 3.05) is 6.54 Å². The fraction of sp³-hybridized carbons (Fsp3) is 0.391. The van der Waals surface area contributed by atoms with Crippen LogP contribution in [-0.4, -0.2) is 29.3 Å². The van der Waals surface area contributed by atoms with Crippen LogP contribution in [0.25, 0.3) is 0 Å². The summed E-state index contributed by atoms with van der Waals surface area (Å²) in [5, 5.41) is 4.16. The number of aryl methyl sites for hydroxylation is 1. The summed E-state index contributed by atoms with van der Waals surface area (Å²) in [4.78, 5) is 27.3. The van der Waals surface area contributed by atoms with Crippen molar-refractivity contribution in [3.63, 3.8) is 0 Å². The van der Waals surface area contributed by atoms with Gasteiger partial charge in [-0.2, -0.15) is 0 Å². The Bertz CT molecular complexity index is 839. The van der Waals surface area contributed by atoms with Gasteiger partial charge in [-0.05, 0) is 48.6 Å². The molecule has 0 aliphatic rings. The van der Waals surface area contributed by atoms with E-state index in [-0.39, 0.29) is 18.2 Å². The second-order valence-electron chi connectivity index (χ2n) is 7.56. The van der Waals surface area contributed by atoms with Crippen molar-refractivity contribution in [1.82, 2.24) is 10.2 Å². The summed E-state index contributed by atoms with van der Waals surface area (Å²) in [5.41, 5.74) is 1.80. The summed E-state index contributed by atoms with van der Waals surface area (Å²) < 4.78 is 0. The molecule has 2 rings (SSSR count). The van der Waals surface area contributed by atoms with Crippen LogP contribution in [-0.2, 0) is 22.6 Å². The van der Waals surface area contributed by atoms with Crippen LogP contribution in [0, 0.1) is 5.92 Å². The lowest BCUT2D eigenvalue weighted by Crippen LogP contribution is -2.48. The van der Waals surface area contributed by atoms with Crippen LogP contribution in [0.4, 0.5) is 0 Å². The van der Waals surface area contributed by atoms with Gasteiger partial charge in [-0.3, -0.25) is 9.59 Å². The second kappa shape index (κ2) is 11.2. The average Bonchev–Trinajstić information content (AvgIpc) is 2.69. The zero-order chi connectivity index (χ0) is 21.4. The van der Waals surface area contributed by atoms with E-state index in [0.717, 1.165) is 11.1 Å². The highest BCUT2D eigenvalue weighted by molar-refractivity contribution is 6.31. The average molecular weight is 435 g/mol. The predicted molar refractivity (Wildman–Crippen MR) is 119 cm³/mol. The van der Waals surface area contributed by atoms with Crippen molar-refractivity contribution in [2.24, 2.45) is 5.92 Å². The Hall–Kier alpha value is -2.04. The molecule has 0 spiro atoms. The first kappa shape index (κ1) is 23.2. The Balaban J connectivity index is 2.14. The quantitative estimate of drug-likeness (QED) is 0.595. The molecule has 1 unspecified atom stereocenters. The monoisotopic (exact) mass is 434 g/mol. The zero-order valence-corrected chi connectivity index (χ0v) is 18.6. The molecule has 1 atom stereocenters. The van der Waals surface area contributed by atoms with Gasteiger partial charge in [-0.1, -0.05) is 67.4 Å². The third kappa shape index (κ3) is 7.37. The Morgan fingerprint density at radius 3 is 2.41 bits per heavy atom. The third-order valence-corrected chi connectivity index (χ3v) is 5.26. The highest BCUT2D eigenvalue weighted by Gasteiger charge is 2.26. The largest absolute Gasteiger partial charge is 0.354 e. The highest BCUT2D eigenvalue weighted by atomic mass is 35.5. The van der Waals surface area contributed by atoms with Crippen molar-refractivity contribution < 1.29 is 9.59 Å². The number of nitrogens with zero attached hydrogens (tertiary/aromatic N) is 1. The van der Waals surface area contributed by atoms with Crippen LogP contribution in [0.1, 0.15) is 38.3 Å². The number of hydrogen-bond donors (Lipinski definition) is 1. The number of benzene rings is 2. The number of amides is 2. The molecule has 29 heavy (non-hydrogen) atoms. The van der Waals surface area contributed by atoms with Crippen molar-refractivity contribution in [3.8, 4) is 0 Å². The van der Waals surface area contributed by atoms with E-state index in [1.54, 1.807) is 17.9 Å².